The normalized spacial score (nSPS) is 25.3. The average Bonchev–Trinajstić information content (AvgIpc) is 3.36. The lowest BCUT2D eigenvalue weighted by atomic mass is 9.94. The van der Waals surface area contributed by atoms with E-state index in [4.69, 9.17) is 9.47 Å². The first-order valence-electron chi connectivity index (χ1n) is 12.2. The Morgan fingerprint density at radius 3 is 2.70 bits per heavy atom. The van der Waals surface area contributed by atoms with Gasteiger partial charge in [-0.3, -0.25) is 14.4 Å². The van der Waals surface area contributed by atoms with Crippen LogP contribution in [0.2, 0.25) is 0 Å². The van der Waals surface area contributed by atoms with Gasteiger partial charge in [-0.15, -0.1) is 0 Å². The standard InChI is InChI=1S/C25H35N3O5/c1-3-12-26-23(29)14-18-9-10-20-22(33-18)15-32-21-11-8-17(13-19(21)25(31)28(20)2)27-24(30)16-6-4-5-7-16/h8,11,13,16,18,20,22H,3-7,9-10,12,14-15H2,1-2H3,(H,26,29)(H,27,30)/t18-,20-,22+/m0/s1. The van der Waals surface area contributed by atoms with Crippen LogP contribution in [0.5, 0.6) is 5.75 Å². The Bertz CT molecular complexity index is 883. The third-order valence-electron chi connectivity index (χ3n) is 6.99. The molecule has 8 heteroatoms. The summed E-state index contributed by atoms with van der Waals surface area (Å²) in [6, 6.07) is 5.11. The van der Waals surface area contributed by atoms with Crippen LogP contribution in [0.1, 0.15) is 68.6 Å². The lowest BCUT2D eigenvalue weighted by Gasteiger charge is -2.42. The highest BCUT2D eigenvalue weighted by Gasteiger charge is 2.39. The van der Waals surface area contributed by atoms with Crippen molar-refractivity contribution in [3.05, 3.63) is 23.8 Å². The van der Waals surface area contributed by atoms with Crippen LogP contribution in [0.15, 0.2) is 18.2 Å². The van der Waals surface area contributed by atoms with Crippen LogP contribution >= 0.6 is 0 Å². The van der Waals surface area contributed by atoms with Crippen LogP contribution in [0.3, 0.4) is 0 Å². The van der Waals surface area contributed by atoms with Crippen molar-refractivity contribution in [1.82, 2.24) is 10.2 Å². The third-order valence-corrected chi connectivity index (χ3v) is 6.99. The molecular weight excluding hydrogens is 422 g/mol. The Balaban J connectivity index is 1.44. The number of hydrogen-bond acceptors (Lipinski definition) is 5. The third kappa shape index (κ3) is 5.49. The molecule has 1 saturated carbocycles. The monoisotopic (exact) mass is 457 g/mol. The molecule has 2 N–H and O–H groups in total. The second-order valence-electron chi connectivity index (χ2n) is 9.40. The van der Waals surface area contributed by atoms with Gasteiger partial charge < -0.3 is 25.0 Å². The van der Waals surface area contributed by atoms with E-state index in [9.17, 15) is 14.4 Å². The lowest BCUT2D eigenvalue weighted by molar-refractivity contribution is -0.134. The molecule has 4 rings (SSSR count). The number of rotatable bonds is 6. The lowest BCUT2D eigenvalue weighted by Crippen LogP contribution is -2.54. The zero-order valence-electron chi connectivity index (χ0n) is 19.6. The predicted octanol–water partition coefficient (Wildman–Crippen LogP) is 3.11. The summed E-state index contributed by atoms with van der Waals surface area (Å²) in [5.74, 6) is 0.401. The molecule has 8 nitrogen and oxygen atoms in total. The summed E-state index contributed by atoms with van der Waals surface area (Å²) in [6.45, 7) is 2.99. The molecule has 0 bridgehead atoms. The molecule has 2 heterocycles. The second-order valence-corrected chi connectivity index (χ2v) is 9.40. The largest absolute Gasteiger partial charge is 0.490 e. The molecule has 3 atom stereocenters. The van der Waals surface area contributed by atoms with E-state index in [0.717, 1.165) is 38.5 Å². The van der Waals surface area contributed by atoms with E-state index in [1.165, 1.54) is 0 Å². The molecule has 180 valence electrons. The fraction of sp³-hybridized carbons (Fsp3) is 0.640. The number of carbonyl (C=O) groups excluding carboxylic acids is 3. The Labute approximate surface area is 195 Å². The molecule has 3 amide bonds. The van der Waals surface area contributed by atoms with Crippen LogP contribution in [0.25, 0.3) is 0 Å². The van der Waals surface area contributed by atoms with E-state index in [-0.39, 0.29) is 41.9 Å². The van der Waals surface area contributed by atoms with Gasteiger partial charge in [-0.2, -0.15) is 0 Å². The molecule has 0 aromatic heterocycles. The van der Waals surface area contributed by atoms with Crippen molar-refractivity contribution in [2.75, 3.05) is 25.5 Å². The van der Waals surface area contributed by atoms with E-state index in [1.807, 2.05) is 6.92 Å². The first-order valence-corrected chi connectivity index (χ1v) is 12.2. The van der Waals surface area contributed by atoms with E-state index < -0.39 is 0 Å². The Morgan fingerprint density at radius 1 is 1.15 bits per heavy atom. The van der Waals surface area contributed by atoms with E-state index in [1.54, 1.807) is 30.1 Å². The highest BCUT2D eigenvalue weighted by Crippen LogP contribution is 2.33. The number of ether oxygens (including phenoxy) is 2. The number of fused-ring (bicyclic) bond motifs is 2. The molecule has 1 saturated heterocycles. The molecule has 33 heavy (non-hydrogen) atoms. The first-order chi connectivity index (χ1) is 16.0. The quantitative estimate of drug-likeness (QED) is 0.684. The topological polar surface area (TPSA) is 97.0 Å². The van der Waals surface area contributed by atoms with Gasteiger partial charge in [-0.25, -0.2) is 0 Å². The van der Waals surface area contributed by atoms with Crippen molar-refractivity contribution < 1.29 is 23.9 Å². The van der Waals surface area contributed by atoms with Crippen molar-refractivity contribution in [3.8, 4) is 5.75 Å². The van der Waals surface area contributed by atoms with Gasteiger partial charge in [0.25, 0.3) is 5.91 Å². The van der Waals surface area contributed by atoms with Crippen LogP contribution in [-0.4, -0.2) is 61.1 Å². The number of carbonyl (C=O) groups is 3. The van der Waals surface area contributed by atoms with Gasteiger partial charge in [0, 0.05) is 25.2 Å². The molecule has 0 spiro atoms. The van der Waals surface area contributed by atoms with E-state index in [0.29, 0.717) is 43.0 Å². The van der Waals surface area contributed by atoms with E-state index >= 15 is 0 Å². The Hall–Kier alpha value is -2.61. The average molecular weight is 458 g/mol. The number of anilines is 1. The van der Waals surface area contributed by atoms with Crippen LogP contribution in [0.4, 0.5) is 5.69 Å². The Kier molecular flexibility index (Phi) is 7.53. The van der Waals surface area contributed by atoms with E-state index in [2.05, 4.69) is 10.6 Å². The molecule has 2 fully saturated rings. The number of likely N-dealkylation sites (N-methyl/N-ethyl adjacent to an activating group) is 1. The maximum Gasteiger partial charge on any atom is 0.257 e. The van der Waals surface area contributed by atoms with Gasteiger partial charge in [0.2, 0.25) is 11.8 Å². The fourth-order valence-electron chi connectivity index (χ4n) is 5.08. The van der Waals surface area contributed by atoms with Crippen molar-refractivity contribution >= 4 is 23.4 Å². The molecule has 1 aromatic rings. The number of amides is 3. The summed E-state index contributed by atoms with van der Waals surface area (Å²) in [7, 11) is 1.79. The van der Waals surface area contributed by atoms with Gasteiger partial charge in [0.15, 0.2) is 0 Å². The first kappa shape index (κ1) is 23.5. The minimum atomic E-state index is -0.299. The van der Waals surface area contributed by atoms with Crippen molar-refractivity contribution in [2.45, 2.75) is 76.5 Å². The molecule has 0 unspecified atom stereocenters. The van der Waals surface area contributed by atoms with Gasteiger partial charge in [0.1, 0.15) is 18.5 Å². The van der Waals surface area contributed by atoms with Crippen LogP contribution in [-0.2, 0) is 14.3 Å². The predicted molar refractivity (Wildman–Crippen MR) is 124 cm³/mol. The second kappa shape index (κ2) is 10.5. The molecule has 0 radical (unpaired) electrons. The summed E-state index contributed by atoms with van der Waals surface area (Å²) in [6.07, 6.45) is 6.22. The summed E-state index contributed by atoms with van der Waals surface area (Å²) in [5, 5.41) is 5.87. The highest BCUT2D eigenvalue weighted by atomic mass is 16.5. The summed E-state index contributed by atoms with van der Waals surface area (Å²) >= 11 is 0. The van der Waals surface area contributed by atoms with Gasteiger partial charge in [0.05, 0.1) is 24.1 Å². The maximum absolute atomic E-state index is 13.3. The van der Waals surface area contributed by atoms with Crippen molar-refractivity contribution in [1.29, 1.82) is 0 Å². The van der Waals surface area contributed by atoms with Crippen molar-refractivity contribution in [2.24, 2.45) is 5.92 Å². The fourth-order valence-corrected chi connectivity index (χ4v) is 5.08. The van der Waals surface area contributed by atoms with Crippen LogP contribution in [0, 0.1) is 5.92 Å². The summed E-state index contributed by atoms with van der Waals surface area (Å²) < 4.78 is 12.2. The molecule has 2 aliphatic heterocycles. The van der Waals surface area contributed by atoms with Crippen molar-refractivity contribution in [3.63, 3.8) is 0 Å². The molecule has 1 aliphatic carbocycles. The smallest absolute Gasteiger partial charge is 0.257 e. The molecule has 1 aromatic carbocycles. The molecule has 3 aliphatic rings. The zero-order valence-corrected chi connectivity index (χ0v) is 19.6. The number of nitrogens with zero attached hydrogens (tertiary/aromatic N) is 1. The minimum absolute atomic E-state index is 0.00554. The van der Waals surface area contributed by atoms with Gasteiger partial charge in [-0.1, -0.05) is 19.8 Å². The SMILES string of the molecule is CCCNC(=O)C[C@@H]1CC[C@H]2[C@@H](COc3ccc(NC(=O)C4CCCC4)cc3C(=O)N2C)O1. The minimum Gasteiger partial charge on any atom is -0.490 e. The van der Waals surface area contributed by atoms with Gasteiger partial charge in [-0.05, 0) is 50.3 Å². The summed E-state index contributed by atoms with van der Waals surface area (Å²) in [4.78, 5) is 39.7. The number of hydrogen-bond donors (Lipinski definition) is 2. The summed E-state index contributed by atoms with van der Waals surface area (Å²) in [5.41, 5.74) is 1.06. The molecular formula is C25H35N3O5. The highest BCUT2D eigenvalue weighted by molar-refractivity contribution is 6.00. The van der Waals surface area contributed by atoms with Crippen LogP contribution < -0.4 is 15.4 Å². The Morgan fingerprint density at radius 2 is 1.94 bits per heavy atom. The number of benzene rings is 1. The number of nitrogens with one attached hydrogen (secondary N) is 2. The van der Waals surface area contributed by atoms with Gasteiger partial charge >= 0.3 is 0 Å². The maximum atomic E-state index is 13.3. The zero-order chi connectivity index (χ0) is 23.4.